The Morgan fingerprint density at radius 2 is 1.83 bits per heavy atom. The highest BCUT2D eigenvalue weighted by Gasteiger charge is 2.31. The summed E-state index contributed by atoms with van der Waals surface area (Å²) in [6.45, 7) is 1.33. The molecule has 146 valence electrons. The molecular formula is C21H18ClN5O2. The van der Waals surface area contributed by atoms with Crippen LogP contribution in [-0.4, -0.2) is 26.8 Å². The highest BCUT2D eigenvalue weighted by atomic mass is 35.5. The van der Waals surface area contributed by atoms with Gasteiger partial charge >= 0.3 is 0 Å². The van der Waals surface area contributed by atoms with Crippen LogP contribution in [0.5, 0.6) is 0 Å². The number of hydrogen-bond acceptors (Lipinski definition) is 5. The van der Waals surface area contributed by atoms with Gasteiger partial charge in [0.05, 0.1) is 0 Å². The third-order valence-electron chi connectivity index (χ3n) is 4.47. The number of rotatable bonds is 4. The van der Waals surface area contributed by atoms with Crippen molar-refractivity contribution >= 4 is 29.2 Å². The lowest BCUT2D eigenvalue weighted by atomic mass is 10.0. The molecular weight excluding hydrogens is 390 g/mol. The molecule has 1 fully saturated rings. The van der Waals surface area contributed by atoms with Gasteiger partial charge in [-0.2, -0.15) is 5.01 Å². The maximum absolute atomic E-state index is 13.5. The van der Waals surface area contributed by atoms with Gasteiger partial charge in [-0.05, 0) is 31.0 Å². The lowest BCUT2D eigenvalue weighted by Gasteiger charge is -2.22. The molecule has 1 aliphatic carbocycles. The number of hydrogen-bond donors (Lipinski definition) is 1. The van der Waals surface area contributed by atoms with Crippen molar-refractivity contribution in [2.24, 2.45) is 0 Å². The van der Waals surface area contributed by atoms with Crippen LogP contribution < -0.4 is 10.4 Å². The van der Waals surface area contributed by atoms with Crippen LogP contribution in [0.4, 0.5) is 5.82 Å². The summed E-state index contributed by atoms with van der Waals surface area (Å²) < 4.78 is 0. The Hall–Kier alpha value is -3.32. The summed E-state index contributed by atoms with van der Waals surface area (Å²) in [6.07, 6.45) is 5.16. The Morgan fingerprint density at radius 3 is 2.48 bits per heavy atom. The molecule has 0 bridgehead atoms. The van der Waals surface area contributed by atoms with E-state index in [9.17, 15) is 9.59 Å². The fourth-order valence-electron chi connectivity index (χ4n) is 2.93. The van der Waals surface area contributed by atoms with Crippen LogP contribution in [0.3, 0.4) is 0 Å². The van der Waals surface area contributed by atoms with Gasteiger partial charge in [-0.1, -0.05) is 35.9 Å². The van der Waals surface area contributed by atoms with Crippen molar-refractivity contribution in [3.05, 3.63) is 71.4 Å². The fourth-order valence-corrected chi connectivity index (χ4v) is 3.17. The quantitative estimate of drug-likeness (QED) is 0.665. The van der Waals surface area contributed by atoms with Gasteiger partial charge in [0.15, 0.2) is 5.82 Å². The van der Waals surface area contributed by atoms with Crippen LogP contribution in [0, 0.1) is 0 Å². The molecule has 1 N–H and O–H groups in total. The molecule has 4 rings (SSSR count). The molecule has 0 spiro atoms. The van der Waals surface area contributed by atoms with E-state index < -0.39 is 11.8 Å². The average Bonchev–Trinajstić information content (AvgIpc) is 3.57. The van der Waals surface area contributed by atoms with E-state index in [4.69, 9.17) is 11.6 Å². The second kappa shape index (κ2) is 7.97. The third-order valence-corrected chi connectivity index (χ3v) is 4.80. The van der Waals surface area contributed by atoms with Crippen LogP contribution in [0.25, 0.3) is 11.1 Å². The SMILES string of the molecule is CC(=O)NN(C(=O)c1nc(C2CC2)ncc1-c1ccccc1Cl)c1ccccn1. The summed E-state index contributed by atoms with van der Waals surface area (Å²) in [5, 5.41) is 1.58. The first-order valence-corrected chi connectivity index (χ1v) is 9.57. The number of anilines is 1. The molecule has 0 aliphatic heterocycles. The van der Waals surface area contributed by atoms with Gasteiger partial charge in [0.1, 0.15) is 11.5 Å². The fraction of sp³-hybridized carbons (Fsp3) is 0.190. The Bertz CT molecular complexity index is 1070. The second-order valence-corrected chi connectivity index (χ2v) is 7.15. The van der Waals surface area contributed by atoms with Gasteiger partial charge < -0.3 is 0 Å². The maximum Gasteiger partial charge on any atom is 0.297 e. The first-order chi connectivity index (χ1) is 14.0. The number of benzene rings is 1. The number of aromatic nitrogens is 3. The Labute approximate surface area is 172 Å². The molecule has 2 heterocycles. The molecule has 7 nitrogen and oxygen atoms in total. The van der Waals surface area contributed by atoms with Gasteiger partial charge in [-0.3, -0.25) is 15.0 Å². The molecule has 0 atom stereocenters. The number of hydrazine groups is 1. The number of halogens is 1. The van der Waals surface area contributed by atoms with Gasteiger partial charge in [0.2, 0.25) is 5.91 Å². The number of carbonyl (C=O) groups is 2. The zero-order chi connectivity index (χ0) is 20.4. The summed E-state index contributed by atoms with van der Waals surface area (Å²) in [6, 6.07) is 12.3. The summed E-state index contributed by atoms with van der Waals surface area (Å²) >= 11 is 6.37. The van der Waals surface area contributed by atoms with E-state index >= 15 is 0 Å². The van der Waals surface area contributed by atoms with Crippen molar-refractivity contribution in [1.29, 1.82) is 0 Å². The standard InChI is InChI=1S/C21H18ClN5O2/c1-13(28)26-27(18-8-4-5-11-23-18)21(29)19-16(15-6-2-3-7-17(15)22)12-24-20(25-19)14-9-10-14/h2-8,11-12,14H,9-10H2,1H3,(H,26,28). The minimum absolute atomic E-state index is 0.161. The molecule has 0 saturated heterocycles. The summed E-state index contributed by atoms with van der Waals surface area (Å²) in [5.41, 5.74) is 3.84. The van der Waals surface area contributed by atoms with Crippen molar-refractivity contribution in [3.63, 3.8) is 0 Å². The Balaban J connectivity index is 1.84. The molecule has 3 aromatic rings. The Morgan fingerprint density at radius 1 is 1.07 bits per heavy atom. The molecule has 2 aromatic heterocycles. The number of nitrogens with one attached hydrogen (secondary N) is 1. The maximum atomic E-state index is 13.5. The minimum atomic E-state index is -0.516. The van der Waals surface area contributed by atoms with E-state index in [1.165, 1.54) is 6.92 Å². The highest BCUT2D eigenvalue weighted by molar-refractivity contribution is 6.33. The van der Waals surface area contributed by atoms with E-state index in [1.807, 2.05) is 12.1 Å². The lowest BCUT2D eigenvalue weighted by molar-refractivity contribution is -0.119. The molecule has 0 unspecified atom stereocenters. The minimum Gasteiger partial charge on any atom is -0.274 e. The number of carbonyl (C=O) groups excluding carboxylic acids is 2. The number of nitrogens with zero attached hydrogens (tertiary/aromatic N) is 4. The van der Waals surface area contributed by atoms with Crippen LogP contribution in [0.15, 0.2) is 54.9 Å². The average molecular weight is 408 g/mol. The van der Waals surface area contributed by atoms with E-state index in [2.05, 4.69) is 20.4 Å². The van der Waals surface area contributed by atoms with E-state index in [-0.39, 0.29) is 17.4 Å². The van der Waals surface area contributed by atoms with E-state index in [0.29, 0.717) is 22.0 Å². The van der Waals surface area contributed by atoms with Gasteiger partial charge in [-0.15, -0.1) is 0 Å². The molecule has 1 aromatic carbocycles. The van der Waals surface area contributed by atoms with Crippen molar-refractivity contribution in [2.75, 3.05) is 5.01 Å². The zero-order valence-corrected chi connectivity index (χ0v) is 16.4. The molecule has 1 aliphatic rings. The van der Waals surface area contributed by atoms with Crippen LogP contribution in [0.2, 0.25) is 5.02 Å². The highest BCUT2D eigenvalue weighted by Crippen LogP contribution is 2.39. The molecule has 29 heavy (non-hydrogen) atoms. The van der Waals surface area contributed by atoms with Crippen LogP contribution in [-0.2, 0) is 4.79 Å². The summed E-state index contributed by atoms with van der Waals surface area (Å²) in [5.74, 6) is 0.237. The van der Waals surface area contributed by atoms with Crippen molar-refractivity contribution in [3.8, 4) is 11.1 Å². The first kappa shape index (κ1) is 19.0. The van der Waals surface area contributed by atoms with Gasteiger partial charge in [0.25, 0.3) is 5.91 Å². The smallest absolute Gasteiger partial charge is 0.274 e. The molecule has 2 amide bonds. The predicted octanol–water partition coefficient (Wildman–Crippen LogP) is 3.77. The first-order valence-electron chi connectivity index (χ1n) is 9.19. The van der Waals surface area contributed by atoms with Crippen LogP contribution in [0.1, 0.15) is 42.0 Å². The third kappa shape index (κ3) is 4.09. The molecule has 8 heteroatoms. The van der Waals surface area contributed by atoms with E-state index in [1.54, 1.807) is 42.7 Å². The van der Waals surface area contributed by atoms with Crippen molar-refractivity contribution in [2.45, 2.75) is 25.7 Å². The lowest BCUT2D eigenvalue weighted by Crippen LogP contribution is -2.46. The largest absolute Gasteiger partial charge is 0.297 e. The predicted molar refractivity (Wildman–Crippen MR) is 109 cm³/mol. The van der Waals surface area contributed by atoms with Gasteiger partial charge in [0, 0.05) is 41.4 Å². The Kier molecular flexibility index (Phi) is 5.22. The van der Waals surface area contributed by atoms with Crippen LogP contribution >= 0.6 is 11.6 Å². The molecule has 1 saturated carbocycles. The topological polar surface area (TPSA) is 88.1 Å². The van der Waals surface area contributed by atoms with Crippen molar-refractivity contribution < 1.29 is 9.59 Å². The van der Waals surface area contributed by atoms with Crippen molar-refractivity contribution in [1.82, 2.24) is 20.4 Å². The monoisotopic (exact) mass is 407 g/mol. The van der Waals surface area contributed by atoms with Gasteiger partial charge in [-0.25, -0.2) is 15.0 Å². The normalized spacial score (nSPS) is 13.0. The van der Waals surface area contributed by atoms with E-state index in [0.717, 1.165) is 17.9 Å². The summed E-state index contributed by atoms with van der Waals surface area (Å²) in [4.78, 5) is 38.5. The number of amides is 2. The zero-order valence-electron chi connectivity index (χ0n) is 15.7. The number of pyridine rings is 1. The molecule has 0 radical (unpaired) electrons. The second-order valence-electron chi connectivity index (χ2n) is 6.74. The summed E-state index contributed by atoms with van der Waals surface area (Å²) in [7, 11) is 0.